The maximum atomic E-state index is 12.4. The van der Waals surface area contributed by atoms with Gasteiger partial charge in [0.2, 0.25) is 12.7 Å². The minimum atomic E-state index is -0.0265. The molecule has 4 aliphatic heterocycles. The maximum Gasteiger partial charge on any atom is 0.248 e. The normalized spacial score (nSPS) is 31.6. The Hall–Kier alpha value is -1.95. The molecule has 1 aliphatic carbocycles. The van der Waals surface area contributed by atoms with Crippen LogP contribution < -0.4 is 14.8 Å². The summed E-state index contributed by atoms with van der Waals surface area (Å²) < 4.78 is 10.6. The minimum absolute atomic E-state index is 0. The van der Waals surface area contributed by atoms with Gasteiger partial charge in [-0.3, -0.25) is 4.79 Å². The Labute approximate surface area is 143 Å². The zero-order chi connectivity index (χ0) is 15.4. The Morgan fingerprint density at radius 3 is 2.62 bits per heavy atom. The van der Waals surface area contributed by atoms with E-state index in [9.17, 15) is 4.79 Å². The molecule has 3 saturated heterocycles. The van der Waals surface area contributed by atoms with Crippen molar-refractivity contribution in [3.05, 3.63) is 29.8 Å². The lowest BCUT2D eigenvalue weighted by Crippen LogP contribution is -2.54. The first-order valence-electron chi connectivity index (χ1n) is 8.39. The number of benzene rings is 1. The molecule has 2 unspecified atom stereocenters. The fraction of sp³-hybridized carbons (Fsp3) is 0.500. The molecular formula is C18H20BN2O3. The number of piperidine rings is 3. The van der Waals surface area contributed by atoms with Gasteiger partial charge in [-0.2, -0.15) is 0 Å². The van der Waals surface area contributed by atoms with Gasteiger partial charge >= 0.3 is 0 Å². The first-order valence-corrected chi connectivity index (χ1v) is 8.39. The van der Waals surface area contributed by atoms with Gasteiger partial charge in [-0.1, -0.05) is 5.57 Å². The van der Waals surface area contributed by atoms with Gasteiger partial charge in [0.05, 0.1) is 0 Å². The van der Waals surface area contributed by atoms with Crippen molar-refractivity contribution in [2.75, 3.05) is 31.7 Å². The summed E-state index contributed by atoms with van der Waals surface area (Å²) in [5.41, 5.74) is 2.12. The van der Waals surface area contributed by atoms with Crippen LogP contribution in [-0.2, 0) is 4.79 Å². The molecule has 2 atom stereocenters. The number of nitrogens with zero attached hydrogens (tertiary/aromatic N) is 1. The van der Waals surface area contributed by atoms with E-state index in [2.05, 4.69) is 10.2 Å². The van der Waals surface area contributed by atoms with Gasteiger partial charge in [-0.05, 0) is 42.7 Å². The number of fused-ring (bicyclic) bond motifs is 1. The molecule has 5 aliphatic rings. The number of carbonyl (C=O) groups is 1. The van der Waals surface area contributed by atoms with E-state index in [1.165, 1.54) is 25.0 Å². The van der Waals surface area contributed by atoms with Crippen LogP contribution in [0.25, 0.3) is 0 Å². The number of rotatable bonds is 2. The third kappa shape index (κ3) is 2.59. The molecule has 1 amide bonds. The first-order chi connectivity index (χ1) is 11.2. The number of amides is 1. The standard InChI is InChI=1S/C18H20N2O3.B/c21-18(19-14-1-2-16-17(5-14)23-10-22-16)6-15-12-3-11-4-13(15)9-20(7-11)8-12;/h1-2,5-6,11-13H,3-4,7-10H2,(H,19,21);. The van der Waals surface area contributed by atoms with E-state index in [0.29, 0.717) is 17.6 Å². The van der Waals surface area contributed by atoms with Crippen LogP contribution in [0.15, 0.2) is 29.8 Å². The second-order valence-electron chi connectivity index (χ2n) is 7.15. The van der Waals surface area contributed by atoms with Crippen molar-refractivity contribution in [2.24, 2.45) is 17.8 Å². The summed E-state index contributed by atoms with van der Waals surface area (Å²) in [6.45, 7) is 3.79. The number of hydrogen-bond acceptors (Lipinski definition) is 4. The Morgan fingerprint density at radius 1 is 1.12 bits per heavy atom. The highest BCUT2D eigenvalue weighted by atomic mass is 16.7. The molecule has 4 bridgehead atoms. The molecule has 0 aromatic heterocycles. The number of ether oxygens (including phenoxy) is 2. The van der Waals surface area contributed by atoms with Crippen LogP contribution in [0.4, 0.5) is 5.69 Å². The van der Waals surface area contributed by atoms with Gasteiger partial charge in [0.1, 0.15) is 0 Å². The van der Waals surface area contributed by atoms with E-state index in [-0.39, 0.29) is 21.1 Å². The Kier molecular flexibility index (Phi) is 3.79. The van der Waals surface area contributed by atoms with Gasteiger partial charge in [-0.25, -0.2) is 0 Å². The Morgan fingerprint density at radius 2 is 1.88 bits per heavy atom. The molecule has 1 saturated carbocycles. The average molecular weight is 323 g/mol. The highest BCUT2D eigenvalue weighted by molar-refractivity contribution is 6.00. The van der Waals surface area contributed by atoms with Crippen LogP contribution in [0.2, 0.25) is 0 Å². The molecule has 6 heteroatoms. The first kappa shape index (κ1) is 15.6. The molecule has 5 nitrogen and oxygen atoms in total. The second kappa shape index (κ2) is 5.85. The Bertz CT molecular complexity index is 674. The number of carbonyl (C=O) groups excluding carboxylic acids is 1. The van der Waals surface area contributed by atoms with Gasteiger partial charge in [-0.15, -0.1) is 0 Å². The number of anilines is 1. The summed E-state index contributed by atoms with van der Waals surface area (Å²) in [6, 6.07) is 5.51. The summed E-state index contributed by atoms with van der Waals surface area (Å²) in [5.74, 6) is 3.42. The lowest BCUT2D eigenvalue weighted by Gasteiger charge is -2.53. The number of hydrogen-bond donors (Lipinski definition) is 1. The molecule has 6 rings (SSSR count). The molecule has 4 fully saturated rings. The van der Waals surface area contributed by atoms with Gasteiger partial charge in [0, 0.05) is 45.9 Å². The highest BCUT2D eigenvalue weighted by Gasteiger charge is 2.44. The van der Waals surface area contributed by atoms with Crippen LogP contribution in [0.5, 0.6) is 11.5 Å². The average Bonchev–Trinajstić information content (AvgIpc) is 2.98. The topological polar surface area (TPSA) is 50.8 Å². The van der Waals surface area contributed by atoms with E-state index < -0.39 is 0 Å². The summed E-state index contributed by atoms with van der Waals surface area (Å²) in [6.07, 6.45) is 4.38. The molecule has 1 N–H and O–H groups in total. The van der Waals surface area contributed by atoms with E-state index in [4.69, 9.17) is 9.47 Å². The molecule has 123 valence electrons. The maximum absolute atomic E-state index is 12.4. The predicted octanol–water partition coefficient (Wildman–Crippen LogP) is 1.87. The summed E-state index contributed by atoms with van der Waals surface area (Å²) >= 11 is 0. The van der Waals surface area contributed by atoms with E-state index >= 15 is 0 Å². The van der Waals surface area contributed by atoms with Crippen LogP contribution in [-0.4, -0.2) is 45.6 Å². The highest BCUT2D eigenvalue weighted by Crippen LogP contribution is 2.46. The van der Waals surface area contributed by atoms with Crippen molar-refractivity contribution < 1.29 is 14.3 Å². The van der Waals surface area contributed by atoms with Gasteiger partial charge < -0.3 is 19.7 Å². The lowest BCUT2D eigenvalue weighted by atomic mass is 9.65. The lowest BCUT2D eigenvalue weighted by molar-refractivity contribution is -0.112. The van der Waals surface area contributed by atoms with Crippen LogP contribution >= 0.6 is 0 Å². The van der Waals surface area contributed by atoms with Gasteiger partial charge in [0.15, 0.2) is 11.5 Å². The van der Waals surface area contributed by atoms with Crippen molar-refractivity contribution >= 4 is 20.0 Å². The Balaban J connectivity index is 0.00000146. The van der Waals surface area contributed by atoms with Crippen LogP contribution in [0.3, 0.4) is 0 Å². The van der Waals surface area contributed by atoms with E-state index in [0.717, 1.165) is 30.4 Å². The molecule has 1 aromatic rings. The largest absolute Gasteiger partial charge is 0.454 e. The quantitative estimate of drug-likeness (QED) is 0.667. The van der Waals surface area contributed by atoms with Crippen molar-refractivity contribution in [1.82, 2.24) is 4.90 Å². The van der Waals surface area contributed by atoms with E-state index in [1.807, 2.05) is 24.3 Å². The second-order valence-corrected chi connectivity index (χ2v) is 7.15. The van der Waals surface area contributed by atoms with Crippen molar-refractivity contribution in [3.63, 3.8) is 0 Å². The summed E-state index contributed by atoms with van der Waals surface area (Å²) in [5, 5.41) is 2.97. The SMILES string of the molecule is O=C(C=C1C2CC3CC1CN(C3)C2)Nc1ccc2c(c1)OCO2.[B]. The molecule has 3 radical (unpaired) electrons. The summed E-state index contributed by atoms with van der Waals surface area (Å²) in [4.78, 5) is 15.0. The van der Waals surface area contributed by atoms with Crippen molar-refractivity contribution in [1.29, 1.82) is 0 Å². The fourth-order valence-electron chi connectivity index (χ4n) is 4.77. The van der Waals surface area contributed by atoms with E-state index in [1.54, 1.807) is 0 Å². The predicted molar refractivity (Wildman–Crippen MR) is 91.2 cm³/mol. The van der Waals surface area contributed by atoms with Gasteiger partial charge in [0.25, 0.3) is 0 Å². The third-order valence-corrected chi connectivity index (χ3v) is 5.59. The summed E-state index contributed by atoms with van der Waals surface area (Å²) in [7, 11) is 0. The molecule has 4 heterocycles. The molecular weight excluding hydrogens is 303 g/mol. The van der Waals surface area contributed by atoms with Crippen molar-refractivity contribution in [3.8, 4) is 11.5 Å². The third-order valence-electron chi connectivity index (χ3n) is 5.59. The fourth-order valence-corrected chi connectivity index (χ4v) is 4.77. The molecule has 1 aromatic carbocycles. The minimum Gasteiger partial charge on any atom is -0.454 e. The van der Waals surface area contributed by atoms with Crippen LogP contribution in [0.1, 0.15) is 12.8 Å². The molecule has 24 heavy (non-hydrogen) atoms. The number of nitrogens with one attached hydrogen (secondary N) is 1. The van der Waals surface area contributed by atoms with Crippen LogP contribution in [0, 0.1) is 17.8 Å². The zero-order valence-electron chi connectivity index (χ0n) is 13.5. The zero-order valence-corrected chi connectivity index (χ0v) is 13.5. The smallest absolute Gasteiger partial charge is 0.248 e. The molecule has 0 spiro atoms. The monoisotopic (exact) mass is 323 g/mol. The van der Waals surface area contributed by atoms with Crippen molar-refractivity contribution in [2.45, 2.75) is 12.8 Å².